The molecule has 1 saturated heterocycles. The van der Waals surface area contributed by atoms with E-state index in [1.807, 2.05) is 11.8 Å². The van der Waals surface area contributed by atoms with Crippen molar-refractivity contribution in [3.63, 3.8) is 0 Å². The average Bonchev–Trinajstić information content (AvgIpc) is 2.88. The zero-order chi connectivity index (χ0) is 11.4. The highest BCUT2D eigenvalue weighted by Gasteiger charge is 2.30. The number of rotatable bonds is 5. The number of thiazole rings is 1. The number of nitrogens with zero attached hydrogens (tertiary/aromatic N) is 1. The number of nitrogens with one attached hydrogen (secondary N) is 1. The smallest absolute Gasteiger partial charge is 0.0926 e. The summed E-state index contributed by atoms with van der Waals surface area (Å²) < 4.78 is 0. The molecule has 0 radical (unpaired) electrons. The molecule has 1 atom stereocenters. The van der Waals surface area contributed by atoms with Crippen LogP contribution in [0, 0.1) is 0 Å². The Kier molecular flexibility index (Phi) is 4.24. The van der Waals surface area contributed by atoms with Crippen LogP contribution in [0.2, 0.25) is 0 Å². The van der Waals surface area contributed by atoms with Crippen LogP contribution in [-0.2, 0) is 13.0 Å². The van der Waals surface area contributed by atoms with Gasteiger partial charge in [-0.05, 0) is 18.6 Å². The molecule has 1 aliphatic rings. The normalized spacial score (nSPS) is 25.1. The number of aromatic nitrogens is 1. The molecule has 0 aromatic carbocycles. The molecule has 0 aliphatic carbocycles. The molecule has 2 rings (SSSR count). The minimum absolute atomic E-state index is 0.492. The van der Waals surface area contributed by atoms with Gasteiger partial charge in [0.2, 0.25) is 0 Å². The molecule has 1 aliphatic heterocycles. The molecule has 0 saturated carbocycles. The van der Waals surface area contributed by atoms with Gasteiger partial charge in [0.15, 0.2) is 0 Å². The summed E-state index contributed by atoms with van der Waals surface area (Å²) in [6, 6.07) is 0. The maximum Gasteiger partial charge on any atom is 0.0926 e. The Hall–Kier alpha value is -0.100. The van der Waals surface area contributed by atoms with Crippen molar-refractivity contribution in [3.05, 3.63) is 16.1 Å². The quantitative estimate of drug-likeness (QED) is 0.843. The van der Waals surface area contributed by atoms with E-state index in [2.05, 4.69) is 22.6 Å². The standard InChI is InChI=1S/C11H18N2OS2/c1-2-10-13-9(6-16-10)5-12-7-11(14)3-4-15-8-11/h6,12,14H,2-5,7-8H2,1H3. The summed E-state index contributed by atoms with van der Waals surface area (Å²) in [5.41, 5.74) is 0.602. The van der Waals surface area contributed by atoms with E-state index >= 15 is 0 Å². The summed E-state index contributed by atoms with van der Waals surface area (Å²) in [6.45, 7) is 3.57. The predicted molar refractivity (Wildman–Crippen MR) is 70.1 cm³/mol. The monoisotopic (exact) mass is 258 g/mol. The summed E-state index contributed by atoms with van der Waals surface area (Å²) in [7, 11) is 0. The highest BCUT2D eigenvalue weighted by molar-refractivity contribution is 7.99. The first-order valence-electron chi connectivity index (χ1n) is 5.66. The van der Waals surface area contributed by atoms with Crippen molar-refractivity contribution in [1.82, 2.24) is 10.3 Å². The van der Waals surface area contributed by atoms with Crippen LogP contribution in [0.25, 0.3) is 0 Å². The van der Waals surface area contributed by atoms with E-state index in [1.54, 1.807) is 11.3 Å². The molecule has 1 aromatic heterocycles. The lowest BCUT2D eigenvalue weighted by atomic mass is 10.0. The van der Waals surface area contributed by atoms with E-state index in [0.717, 1.165) is 36.6 Å². The molecule has 16 heavy (non-hydrogen) atoms. The Morgan fingerprint density at radius 1 is 1.62 bits per heavy atom. The molecule has 5 heteroatoms. The maximum atomic E-state index is 10.1. The van der Waals surface area contributed by atoms with E-state index in [4.69, 9.17) is 0 Å². The van der Waals surface area contributed by atoms with Crippen LogP contribution in [0.1, 0.15) is 24.0 Å². The zero-order valence-electron chi connectivity index (χ0n) is 9.53. The number of hydrogen-bond donors (Lipinski definition) is 2. The molecule has 3 nitrogen and oxygen atoms in total. The first-order chi connectivity index (χ1) is 7.72. The van der Waals surface area contributed by atoms with Gasteiger partial charge in [0.25, 0.3) is 0 Å². The van der Waals surface area contributed by atoms with Crippen molar-refractivity contribution in [2.24, 2.45) is 0 Å². The third kappa shape index (κ3) is 3.20. The Bertz CT molecular complexity index is 334. The highest BCUT2D eigenvalue weighted by atomic mass is 32.2. The van der Waals surface area contributed by atoms with Gasteiger partial charge in [-0.15, -0.1) is 11.3 Å². The highest BCUT2D eigenvalue weighted by Crippen LogP contribution is 2.27. The number of hydrogen-bond acceptors (Lipinski definition) is 5. The topological polar surface area (TPSA) is 45.2 Å². The molecular formula is C11H18N2OS2. The lowest BCUT2D eigenvalue weighted by Gasteiger charge is -2.21. The molecule has 0 amide bonds. The SMILES string of the molecule is CCc1nc(CNCC2(O)CCSC2)cs1. The van der Waals surface area contributed by atoms with Crippen LogP contribution in [-0.4, -0.2) is 33.7 Å². The second-order valence-corrected chi connectivity index (χ2v) is 6.26. The van der Waals surface area contributed by atoms with Crippen molar-refractivity contribution in [2.45, 2.75) is 31.9 Å². The third-order valence-electron chi connectivity index (χ3n) is 2.74. The van der Waals surface area contributed by atoms with Crippen LogP contribution in [0.4, 0.5) is 0 Å². The molecule has 0 spiro atoms. The predicted octanol–water partition coefficient (Wildman–Crippen LogP) is 1.66. The van der Waals surface area contributed by atoms with Crippen LogP contribution < -0.4 is 5.32 Å². The van der Waals surface area contributed by atoms with Gasteiger partial charge >= 0.3 is 0 Å². The van der Waals surface area contributed by atoms with Crippen LogP contribution in [0.3, 0.4) is 0 Å². The Labute approximate surface area is 105 Å². The molecule has 0 bridgehead atoms. The fourth-order valence-electron chi connectivity index (χ4n) is 1.75. The summed E-state index contributed by atoms with van der Waals surface area (Å²) in [4.78, 5) is 4.48. The summed E-state index contributed by atoms with van der Waals surface area (Å²) in [6.07, 6.45) is 1.91. The lowest BCUT2D eigenvalue weighted by Crippen LogP contribution is -2.40. The van der Waals surface area contributed by atoms with Gasteiger partial charge in [-0.1, -0.05) is 6.92 Å². The van der Waals surface area contributed by atoms with Crippen molar-refractivity contribution < 1.29 is 5.11 Å². The van der Waals surface area contributed by atoms with Gasteiger partial charge in [0, 0.05) is 24.2 Å². The van der Waals surface area contributed by atoms with Crippen molar-refractivity contribution in [1.29, 1.82) is 0 Å². The van der Waals surface area contributed by atoms with Crippen molar-refractivity contribution >= 4 is 23.1 Å². The van der Waals surface area contributed by atoms with Crippen molar-refractivity contribution in [2.75, 3.05) is 18.1 Å². The molecule has 2 N–H and O–H groups in total. The number of aliphatic hydroxyl groups is 1. The zero-order valence-corrected chi connectivity index (χ0v) is 11.2. The van der Waals surface area contributed by atoms with Gasteiger partial charge in [-0.3, -0.25) is 0 Å². The Morgan fingerprint density at radius 3 is 3.12 bits per heavy atom. The molecule has 1 fully saturated rings. The molecule has 1 unspecified atom stereocenters. The van der Waals surface area contributed by atoms with Gasteiger partial charge < -0.3 is 10.4 Å². The summed E-state index contributed by atoms with van der Waals surface area (Å²) in [5.74, 6) is 1.94. The molecule has 2 heterocycles. The van der Waals surface area contributed by atoms with E-state index in [0.29, 0.717) is 6.54 Å². The van der Waals surface area contributed by atoms with Gasteiger partial charge in [-0.25, -0.2) is 4.98 Å². The van der Waals surface area contributed by atoms with Crippen LogP contribution in [0.5, 0.6) is 0 Å². The first-order valence-corrected chi connectivity index (χ1v) is 7.69. The van der Waals surface area contributed by atoms with E-state index in [9.17, 15) is 5.11 Å². The second-order valence-electron chi connectivity index (χ2n) is 4.22. The largest absolute Gasteiger partial charge is 0.388 e. The maximum absolute atomic E-state index is 10.1. The fraction of sp³-hybridized carbons (Fsp3) is 0.727. The second kappa shape index (κ2) is 5.49. The van der Waals surface area contributed by atoms with Gasteiger partial charge in [0.05, 0.1) is 16.3 Å². The van der Waals surface area contributed by atoms with Crippen LogP contribution >= 0.6 is 23.1 Å². The minimum atomic E-state index is -0.492. The fourth-order valence-corrected chi connectivity index (χ4v) is 3.79. The van der Waals surface area contributed by atoms with Crippen LogP contribution in [0.15, 0.2) is 5.38 Å². The summed E-state index contributed by atoms with van der Waals surface area (Å²) >= 11 is 3.55. The number of thioether (sulfide) groups is 1. The molecule has 90 valence electrons. The molecule has 1 aromatic rings. The first kappa shape index (κ1) is 12.4. The third-order valence-corrected chi connectivity index (χ3v) is 5.02. The van der Waals surface area contributed by atoms with Crippen molar-refractivity contribution in [3.8, 4) is 0 Å². The van der Waals surface area contributed by atoms with E-state index < -0.39 is 5.60 Å². The Morgan fingerprint density at radius 2 is 2.50 bits per heavy atom. The Balaban J connectivity index is 1.75. The molecular weight excluding hydrogens is 240 g/mol. The van der Waals surface area contributed by atoms with Gasteiger partial charge in [-0.2, -0.15) is 11.8 Å². The minimum Gasteiger partial charge on any atom is -0.388 e. The number of aryl methyl sites for hydroxylation is 1. The lowest BCUT2D eigenvalue weighted by molar-refractivity contribution is 0.0674. The summed E-state index contributed by atoms with van der Waals surface area (Å²) in [5, 5.41) is 16.7. The van der Waals surface area contributed by atoms with E-state index in [1.165, 1.54) is 5.01 Å². The van der Waals surface area contributed by atoms with Gasteiger partial charge in [0.1, 0.15) is 0 Å². The van der Waals surface area contributed by atoms with E-state index in [-0.39, 0.29) is 0 Å². The average molecular weight is 258 g/mol.